The minimum Gasteiger partial charge on any atom is -0.554 e. The molecule has 3 aromatic rings. The molecule has 842 valence electrons. The lowest BCUT2D eigenvalue weighted by atomic mass is 10.1. The Balaban J connectivity index is -0.000000896. The number of likely N-dealkylation sites (N-methyl/N-ethyl adjacent to an activating group) is 3. The number of aliphatic carboxylic acids is 2. The van der Waals surface area contributed by atoms with Crippen LogP contribution in [0.3, 0.4) is 0 Å². The van der Waals surface area contributed by atoms with Crippen LogP contribution in [0.25, 0.3) is 0 Å². The largest absolute Gasteiger partial charge is 0.554 e. The number of quaternary nitrogens is 2. The summed E-state index contributed by atoms with van der Waals surface area (Å²) in [6, 6.07) is 11.0. The minimum absolute atomic E-state index is 0.0226. The molecule has 0 aliphatic rings. The number of benzene rings is 3. The van der Waals surface area contributed by atoms with Crippen molar-refractivity contribution in [3.63, 3.8) is 0 Å². The maximum atomic E-state index is 12.5. The van der Waals surface area contributed by atoms with Gasteiger partial charge in [0.1, 0.15) is 17.2 Å². The van der Waals surface area contributed by atoms with Crippen molar-refractivity contribution in [1.29, 1.82) is 0 Å². The summed E-state index contributed by atoms with van der Waals surface area (Å²) in [5, 5.41) is 58.8. The maximum Gasteiger partial charge on any atom is 0.430 e. The molecule has 19 N–H and O–H groups in total. The fourth-order valence-corrected chi connectivity index (χ4v) is 11.6. The number of halogens is 6. The fourth-order valence-electron chi connectivity index (χ4n) is 11.6. The first-order chi connectivity index (χ1) is 69.3. The number of carbonyl (C=O) groups is 15. The van der Waals surface area contributed by atoms with E-state index in [1.807, 2.05) is 103 Å². The number of anilines is 6. The number of rotatable bonds is 64. The van der Waals surface area contributed by atoms with Crippen molar-refractivity contribution >= 4 is 124 Å². The van der Waals surface area contributed by atoms with Gasteiger partial charge in [-0.25, -0.2) is 9.59 Å². The van der Waals surface area contributed by atoms with E-state index in [4.69, 9.17) is 78.0 Å². The summed E-state index contributed by atoms with van der Waals surface area (Å²) in [6.45, 7) is 45.6. The van der Waals surface area contributed by atoms with Crippen molar-refractivity contribution in [3.05, 3.63) is 69.8 Å². The number of hydrogen-bond acceptors (Lipinski definition) is 30. The molecule has 0 aromatic heterocycles. The molecule has 0 unspecified atom stereocenters. The summed E-state index contributed by atoms with van der Waals surface area (Å²) < 4.78 is 113. The lowest BCUT2D eigenvalue weighted by Gasteiger charge is -2.20. The molecule has 147 heavy (non-hydrogen) atoms. The number of carbonyl (C=O) groups excluding carboxylic acids is 14. The van der Waals surface area contributed by atoms with Crippen LogP contribution in [0.2, 0.25) is 0 Å². The van der Waals surface area contributed by atoms with E-state index in [9.17, 15) is 88.7 Å². The number of alkyl carbamates (subject to hydrolysis) is 2. The molecule has 0 aliphatic heterocycles. The van der Waals surface area contributed by atoms with E-state index in [0.29, 0.717) is 205 Å². The highest BCUT2D eigenvalue weighted by molar-refractivity contribution is 6.01. The predicted octanol–water partition coefficient (Wildman–Crippen LogP) is 3.03. The van der Waals surface area contributed by atoms with Gasteiger partial charge in [0.15, 0.2) is 6.54 Å². The zero-order valence-electron chi connectivity index (χ0n) is 88.5. The third kappa shape index (κ3) is 82.1. The zero-order valence-corrected chi connectivity index (χ0v) is 88.5. The van der Waals surface area contributed by atoms with E-state index in [1.54, 1.807) is 53.7 Å². The molecule has 3 aromatic carbocycles. The van der Waals surface area contributed by atoms with Crippen molar-refractivity contribution < 1.29 is 172 Å². The molecule has 0 atom stereocenters. The summed E-state index contributed by atoms with van der Waals surface area (Å²) in [5.74, 6) is -6.08. The van der Waals surface area contributed by atoms with Crippen molar-refractivity contribution in [2.24, 2.45) is 5.73 Å². The highest BCUT2D eigenvalue weighted by atomic mass is 19.4. The topological polar surface area (TPSA) is 624 Å². The molecular weight excluding hydrogens is 1950 g/mol. The van der Waals surface area contributed by atoms with Gasteiger partial charge >= 0.3 is 31.0 Å². The van der Waals surface area contributed by atoms with Gasteiger partial charge < -0.3 is 152 Å². The number of nitrogens with two attached hydrogens (primary N) is 1. The first kappa shape index (κ1) is 142. The molecule has 0 spiro atoms. The van der Waals surface area contributed by atoms with E-state index in [2.05, 4.69) is 83.4 Å². The first-order valence-corrected chi connectivity index (χ1v) is 48.3. The van der Waals surface area contributed by atoms with Gasteiger partial charge in [0.25, 0.3) is 5.91 Å². The number of hydrogen-bond donors (Lipinski definition) is 16. The van der Waals surface area contributed by atoms with Crippen LogP contribution in [-0.2, 0) is 110 Å². The maximum absolute atomic E-state index is 12.5. The van der Waals surface area contributed by atoms with E-state index in [1.165, 1.54) is 4.90 Å². The Morgan fingerprint density at radius 3 is 0.864 bits per heavy atom. The van der Waals surface area contributed by atoms with Crippen LogP contribution >= 0.6 is 0 Å². The Hall–Kier alpha value is -11.6. The summed E-state index contributed by atoms with van der Waals surface area (Å²) in [7, 11) is 0. The lowest BCUT2D eigenvalue weighted by Crippen LogP contribution is -3.12. The van der Waals surface area contributed by atoms with Gasteiger partial charge in [0.05, 0.1) is 145 Å². The monoisotopic (exact) mass is 2120 g/mol. The number of ether oxygens (including phenoxy) is 10. The third-order valence-corrected chi connectivity index (χ3v) is 19.2. The zero-order chi connectivity index (χ0) is 112. The quantitative estimate of drug-likeness (QED) is 0.0219. The Morgan fingerprint density at radius 1 is 0.395 bits per heavy atom. The summed E-state index contributed by atoms with van der Waals surface area (Å²) in [5.41, 5.74) is 16.9. The van der Waals surface area contributed by atoms with Crippen LogP contribution in [0.1, 0.15) is 168 Å². The van der Waals surface area contributed by atoms with Crippen LogP contribution in [0.4, 0.5) is 70.1 Å². The Kier molecular flexibility index (Phi) is 83.2. The Labute approximate surface area is 858 Å². The van der Waals surface area contributed by atoms with Gasteiger partial charge in [-0.15, -0.1) is 0 Å². The predicted molar refractivity (Wildman–Crippen MR) is 535 cm³/mol. The first-order valence-electron chi connectivity index (χ1n) is 48.3. The van der Waals surface area contributed by atoms with E-state index < -0.39 is 54.7 Å². The second kappa shape index (κ2) is 86.4. The number of carboxylic acid groups (broad SMARTS) is 3. The van der Waals surface area contributed by atoms with Crippen molar-refractivity contribution in [2.45, 2.75) is 200 Å². The molecule has 45 nitrogen and oxygen atoms in total. The fraction of sp³-hybridized carbons (Fsp3) is 0.656. The lowest BCUT2D eigenvalue weighted by molar-refractivity contribution is -0.888. The highest BCUT2D eigenvalue weighted by Gasteiger charge is 2.29. The van der Waals surface area contributed by atoms with Gasteiger partial charge in [-0.2, -0.15) is 26.3 Å². The van der Waals surface area contributed by atoms with E-state index >= 15 is 0 Å². The minimum atomic E-state index is -5.19. The van der Waals surface area contributed by atoms with Crippen LogP contribution in [0, 0.1) is 41.5 Å². The number of nitrogens with zero attached hydrogens (tertiary/aromatic N) is 2. The molecule has 3 rings (SSSR count). The second-order valence-corrected chi connectivity index (χ2v) is 33.5. The second-order valence-electron chi connectivity index (χ2n) is 33.5. The van der Waals surface area contributed by atoms with Gasteiger partial charge in [-0.1, -0.05) is 45.9 Å². The molecule has 0 saturated carbocycles. The van der Waals surface area contributed by atoms with Crippen molar-refractivity contribution in [3.8, 4) is 0 Å². The number of alkyl halides is 6. The summed E-state index contributed by atoms with van der Waals surface area (Å²) >= 11 is 0. The smallest absolute Gasteiger partial charge is 0.430 e. The summed E-state index contributed by atoms with van der Waals surface area (Å²) in [4.78, 5) is 177. The molecule has 0 bridgehead atoms. The number of carboxylic acids is 2. The molecule has 0 fully saturated rings. The number of aryl methyl sites for hydroxylation is 3. The molecule has 0 radical (unpaired) electrons. The molecule has 51 heteroatoms. The molecule has 0 aliphatic carbocycles. The number of amides is 12. The normalized spacial score (nSPS) is 10.8. The summed E-state index contributed by atoms with van der Waals surface area (Å²) in [6.07, 6.45) is -6.06. The van der Waals surface area contributed by atoms with Gasteiger partial charge in [-0.3, -0.25) is 62.5 Å². The van der Waals surface area contributed by atoms with Crippen LogP contribution in [-0.4, -0.2) is 346 Å². The molecule has 0 saturated heterocycles. The van der Waals surface area contributed by atoms with Crippen LogP contribution < -0.4 is 90.4 Å². The SMILES string of the molecule is CC(C)(C)OC(=O)NCCOCCOCCNC(=O)CCC(=O)O.CCN(CC)CC(=O)Nc1c(C)ccc(NC(=O)CCC(=O)NCCOCCOCCN)c1C.CCN(CC)CC(=O)Nc1c(C)ccc(NC(=O)CCC(=O)NCCOCCOCCNC(=O)OC(C)(C)C)c1C.CC[NH+](CC)CC(=O)Nc1c(C)ccc(NC(=O)CCC(=O)NCCOCCOCC[NH3+])c1C.FC(F)F.O=C([O-])C(F)(F)F.O=C[O-]. The van der Waals surface area contributed by atoms with Gasteiger partial charge in [0, 0.05) is 131 Å². The van der Waals surface area contributed by atoms with E-state index in [-0.39, 0.29) is 110 Å². The standard InChI is InChI=1S/C29H49N5O7.2C24H41N5O5.C15H28N2O7.C2HF3O2.CHF3.CH2O2/c1-8-34(9-2)20-26(37)33-27-21(3)10-11-23(22(27)4)32-25(36)13-12-24(35)30-14-16-39-18-19-40-17-15-31-28(38)41-29(5,6)7;2*1-5-29(6-2)17-23(32)28-24-18(3)7-8-20(19(24)4)27-22(31)10-9-21(30)26-12-14-34-16-15-33-13-11-25;1-15(2,3)24-14(21)17-7-9-23-11-10-22-8-6-16-12(18)4-5-13(19)20;3-2(4,5)1(6)7;2-1(3)4;2-1-3/h10-11H,8-9,12-20H2,1-7H3,(H,30,35)(H,31,38)(H,32,36)(H,33,37);2*7-8H,5-6,9-17,25H2,1-4H3,(H,26,30)(H,27,31)(H,28,32);4-11H2,1-3H3,(H,16,18)(H,17,21)(H,19,20);(H,6,7);1H;1H,(H,2,3). The molecular formula is C96H163F6N17O28. The highest BCUT2D eigenvalue weighted by Crippen LogP contribution is 2.31. The number of nitrogens with one attached hydrogen (secondary N) is 13. The average Bonchev–Trinajstić information content (AvgIpc) is 0.832. The van der Waals surface area contributed by atoms with Crippen molar-refractivity contribution in [1.82, 2.24) is 41.7 Å². The van der Waals surface area contributed by atoms with Crippen molar-refractivity contribution in [2.75, 3.05) is 249 Å². The van der Waals surface area contributed by atoms with Gasteiger partial charge in [0.2, 0.25) is 53.2 Å². The van der Waals surface area contributed by atoms with Gasteiger partial charge in [-0.05, 0) is 175 Å². The molecule has 12 amide bonds. The van der Waals surface area contributed by atoms with Crippen LogP contribution in [0.5, 0.6) is 0 Å². The molecule has 0 heterocycles. The van der Waals surface area contributed by atoms with E-state index in [0.717, 1.165) is 79.2 Å². The van der Waals surface area contributed by atoms with Crippen LogP contribution in [0.15, 0.2) is 36.4 Å². The third-order valence-electron chi connectivity index (χ3n) is 19.2. The Morgan fingerprint density at radius 2 is 0.633 bits per heavy atom. The Bertz CT molecular complexity index is 4150. The average molecular weight is 2120 g/mol.